The lowest BCUT2D eigenvalue weighted by Crippen LogP contribution is -2.42. The van der Waals surface area contributed by atoms with E-state index in [1.54, 1.807) is 19.0 Å². The molecular weight excluding hydrogens is 204 g/mol. The van der Waals surface area contributed by atoms with Crippen LogP contribution in [0.3, 0.4) is 0 Å². The minimum atomic E-state index is -0.476. The van der Waals surface area contributed by atoms with Crippen molar-refractivity contribution in [3.63, 3.8) is 0 Å². The van der Waals surface area contributed by atoms with E-state index >= 15 is 0 Å². The second-order valence-corrected chi connectivity index (χ2v) is 5.23. The maximum atomic E-state index is 11.4. The Bertz CT molecular complexity index is 229. The van der Waals surface area contributed by atoms with Gasteiger partial charge in [0.1, 0.15) is 0 Å². The first kappa shape index (κ1) is 13.5. The molecule has 0 aromatic rings. The molecule has 1 heterocycles. The summed E-state index contributed by atoms with van der Waals surface area (Å²) in [6.45, 7) is 4.77. The highest BCUT2D eigenvalue weighted by Gasteiger charge is 2.26. The lowest BCUT2D eigenvalue weighted by molar-refractivity contribution is -0.128. The van der Waals surface area contributed by atoms with Gasteiger partial charge in [0.15, 0.2) is 0 Å². The fraction of sp³-hybridized carbons (Fsp3) is 0.917. The topological polar surface area (TPSA) is 43.8 Å². The number of carbonyl (C=O) groups is 1. The highest BCUT2D eigenvalue weighted by molar-refractivity contribution is 5.75. The number of likely N-dealkylation sites (tertiary alicyclic amines) is 1. The van der Waals surface area contributed by atoms with Crippen LogP contribution in [0.4, 0.5) is 0 Å². The molecule has 0 radical (unpaired) electrons. The predicted molar refractivity (Wildman–Crippen MR) is 64.2 cm³/mol. The monoisotopic (exact) mass is 228 g/mol. The van der Waals surface area contributed by atoms with Gasteiger partial charge in [0, 0.05) is 33.6 Å². The first-order valence-electron chi connectivity index (χ1n) is 6.06. The van der Waals surface area contributed by atoms with Gasteiger partial charge in [-0.25, -0.2) is 0 Å². The van der Waals surface area contributed by atoms with Crippen LogP contribution in [-0.4, -0.2) is 60.1 Å². The normalized spacial score (nSPS) is 20.8. The maximum absolute atomic E-state index is 11.4. The van der Waals surface area contributed by atoms with E-state index in [-0.39, 0.29) is 5.91 Å². The third kappa shape index (κ3) is 4.49. The molecule has 4 nitrogen and oxygen atoms in total. The fourth-order valence-corrected chi connectivity index (χ4v) is 1.94. The molecule has 0 aromatic heterocycles. The Labute approximate surface area is 98.2 Å². The van der Waals surface area contributed by atoms with E-state index in [0.29, 0.717) is 6.42 Å². The largest absolute Gasteiger partial charge is 0.390 e. The van der Waals surface area contributed by atoms with Crippen molar-refractivity contribution in [2.45, 2.75) is 38.2 Å². The Morgan fingerprint density at radius 2 is 1.94 bits per heavy atom. The van der Waals surface area contributed by atoms with Crippen LogP contribution in [0.5, 0.6) is 0 Å². The SMILES string of the molecule is CN(C)C(=O)CCCN1CCC(C)(O)CC1. The van der Waals surface area contributed by atoms with Crippen LogP contribution in [0.15, 0.2) is 0 Å². The standard InChI is InChI=1S/C12H24N2O2/c1-12(16)6-9-14(10-7-12)8-4-5-11(15)13(2)3/h16H,4-10H2,1-3H3. The van der Waals surface area contributed by atoms with E-state index in [1.807, 2.05) is 6.92 Å². The van der Waals surface area contributed by atoms with Gasteiger partial charge < -0.3 is 14.9 Å². The number of hydrogen-bond donors (Lipinski definition) is 1. The molecule has 0 atom stereocenters. The number of rotatable bonds is 4. The van der Waals surface area contributed by atoms with Crippen molar-refractivity contribution in [2.75, 3.05) is 33.7 Å². The van der Waals surface area contributed by atoms with Gasteiger partial charge >= 0.3 is 0 Å². The van der Waals surface area contributed by atoms with Crippen LogP contribution >= 0.6 is 0 Å². The summed E-state index contributed by atoms with van der Waals surface area (Å²) in [6, 6.07) is 0. The Kier molecular flexibility index (Phi) is 4.74. The van der Waals surface area contributed by atoms with E-state index in [4.69, 9.17) is 0 Å². The van der Waals surface area contributed by atoms with E-state index in [1.165, 1.54) is 0 Å². The molecule has 0 saturated carbocycles. The van der Waals surface area contributed by atoms with Crippen LogP contribution < -0.4 is 0 Å². The Hall–Kier alpha value is -0.610. The number of amides is 1. The van der Waals surface area contributed by atoms with Crippen molar-refractivity contribution < 1.29 is 9.90 Å². The third-order valence-electron chi connectivity index (χ3n) is 3.30. The second-order valence-electron chi connectivity index (χ2n) is 5.23. The summed E-state index contributed by atoms with van der Waals surface area (Å²) in [5, 5.41) is 9.79. The zero-order chi connectivity index (χ0) is 12.2. The molecule has 0 aliphatic carbocycles. The van der Waals surface area contributed by atoms with Gasteiger partial charge in [-0.2, -0.15) is 0 Å². The summed E-state index contributed by atoms with van der Waals surface area (Å²) in [5.41, 5.74) is -0.476. The first-order valence-corrected chi connectivity index (χ1v) is 6.06. The number of piperidine rings is 1. The van der Waals surface area contributed by atoms with Crippen LogP contribution in [-0.2, 0) is 4.79 Å². The molecule has 0 unspecified atom stereocenters. The molecular formula is C12H24N2O2. The molecule has 1 aliphatic rings. The highest BCUT2D eigenvalue weighted by Crippen LogP contribution is 2.21. The summed E-state index contributed by atoms with van der Waals surface area (Å²) in [7, 11) is 3.58. The van der Waals surface area contributed by atoms with Crippen molar-refractivity contribution in [1.29, 1.82) is 0 Å². The van der Waals surface area contributed by atoms with Crippen molar-refractivity contribution >= 4 is 5.91 Å². The van der Waals surface area contributed by atoms with Crippen LogP contribution in [0.2, 0.25) is 0 Å². The lowest BCUT2D eigenvalue weighted by atomic mass is 9.94. The van der Waals surface area contributed by atoms with Gasteiger partial charge in [-0.1, -0.05) is 0 Å². The lowest BCUT2D eigenvalue weighted by Gasteiger charge is -2.35. The molecule has 16 heavy (non-hydrogen) atoms. The molecule has 0 aromatic carbocycles. The van der Waals surface area contributed by atoms with Gasteiger partial charge in [-0.05, 0) is 32.7 Å². The molecule has 1 amide bonds. The molecule has 94 valence electrons. The highest BCUT2D eigenvalue weighted by atomic mass is 16.3. The number of carbonyl (C=O) groups excluding carboxylic acids is 1. The van der Waals surface area contributed by atoms with E-state index < -0.39 is 5.60 Å². The average Bonchev–Trinajstić information content (AvgIpc) is 2.20. The average molecular weight is 228 g/mol. The van der Waals surface area contributed by atoms with Gasteiger partial charge in [0.25, 0.3) is 0 Å². The van der Waals surface area contributed by atoms with Crippen LogP contribution in [0.1, 0.15) is 32.6 Å². The first-order chi connectivity index (χ1) is 7.41. The smallest absolute Gasteiger partial charge is 0.222 e. The maximum Gasteiger partial charge on any atom is 0.222 e. The molecule has 4 heteroatoms. The van der Waals surface area contributed by atoms with Crippen LogP contribution in [0.25, 0.3) is 0 Å². The zero-order valence-corrected chi connectivity index (χ0v) is 10.7. The summed E-state index contributed by atoms with van der Waals surface area (Å²) >= 11 is 0. The quantitative estimate of drug-likeness (QED) is 0.770. The van der Waals surface area contributed by atoms with Crippen molar-refractivity contribution in [1.82, 2.24) is 9.80 Å². The molecule has 0 spiro atoms. The fourth-order valence-electron chi connectivity index (χ4n) is 1.94. The van der Waals surface area contributed by atoms with E-state index in [0.717, 1.165) is 38.9 Å². The zero-order valence-electron chi connectivity index (χ0n) is 10.7. The predicted octanol–water partition coefficient (Wildman–Crippen LogP) is 0.702. The number of nitrogens with zero attached hydrogens (tertiary/aromatic N) is 2. The van der Waals surface area contributed by atoms with Crippen molar-refractivity contribution in [3.05, 3.63) is 0 Å². The molecule has 1 aliphatic heterocycles. The molecule has 1 rings (SSSR count). The second kappa shape index (κ2) is 5.64. The molecule has 1 saturated heterocycles. The van der Waals surface area contributed by atoms with Crippen molar-refractivity contribution in [3.8, 4) is 0 Å². The van der Waals surface area contributed by atoms with Gasteiger partial charge in [-0.15, -0.1) is 0 Å². The van der Waals surface area contributed by atoms with Gasteiger partial charge in [0.2, 0.25) is 5.91 Å². The summed E-state index contributed by atoms with van der Waals surface area (Å²) in [4.78, 5) is 15.3. The van der Waals surface area contributed by atoms with Gasteiger partial charge in [0.05, 0.1) is 5.60 Å². The Morgan fingerprint density at radius 1 is 1.38 bits per heavy atom. The number of hydrogen-bond acceptors (Lipinski definition) is 3. The van der Waals surface area contributed by atoms with Crippen molar-refractivity contribution in [2.24, 2.45) is 0 Å². The molecule has 1 fully saturated rings. The van der Waals surface area contributed by atoms with Gasteiger partial charge in [-0.3, -0.25) is 4.79 Å². The minimum absolute atomic E-state index is 0.198. The Balaban J connectivity index is 2.13. The summed E-state index contributed by atoms with van der Waals surface area (Å²) < 4.78 is 0. The minimum Gasteiger partial charge on any atom is -0.390 e. The summed E-state index contributed by atoms with van der Waals surface area (Å²) in [5.74, 6) is 0.198. The molecule has 0 bridgehead atoms. The van der Waals surface area contributed by atoms with E-state index in [9.17, 15) is 9.90 Å². The van der Waals surface area contributed by atoms with Crippen LogP contribution in [0, 0.1) is 0 Å². The Morgan fingerprint density at radius 3 is 2.44 bits per heavy atom. The van der Waals surface area contributed by atoms with E-state index in [2.05, 4.69) is 4.90 Å². The third-order valence-corrected chi connectivity index (χ3v) is 3.30. The molecule has 1 N–H and O–H groups in total. The summed E-state index contributed by atoms with van der Waals surface area (Å²) in [6.07, 6.45) is 3.22. The number of aliphatic hydroxyl groups is 1.